The fourth-order valence-corrected chi connectivity index (χ4v) is 3.60. The van der Waals surface area contributed by atoms with Crippen LogP contribution < -0.4 is 10.6 Å². The Labute approximate surface area is 191 Å². The second-order valence-corrected chi connectivity index (χ2v) is 8.18. The van der Waals surface area contributed by atoms with Crippen molar-refractivity contribution in [3.05, 3.63) is 51.5 Å². The van der Waals surface area contributed by atoms with Crippen LogP contribution in [0.1, 0.15) is 35.0 Å². The van der Waals surface area contributed by atoms with Crippen LogP contribution in [0, 0.1) is 13.8 Å². The number of aliphatic imine (C=N–C) groups is 1. The molecule has 1 atom stereocenters. The van der Waals surface area contributed by atoms with Gasteiger partial charge in [-0.25, -0.2) is 4.98 Å². The van der Waals surface area contributed by atoms with Gasteiger partial charge in [-0.15, -0.1) is 35.3 Å². The number of guanidine groups is 1. The van der Waals surface area contributed by atoms with Crippen molar-refractivity contribution in [1.29, 1.82) is 0 Å². The van der Waals surface area contributed by atoms with E-state index in [1.165, 1.54) is 15.4 Å². The Morgan fingerprint density at radius 3 is 2.54 bits per heavy atom. The highest BCUT2D eigenvalue weighted by Gasteiger charge is 2.10. The second-order valence-electron chi connectivity index (χ2n) is 6.90. The van der Waals surface area contributed by atoms with E-state index in [4.69, 9.17) is 4.99 Å². The van der Waals surface area contributed by atoms with Crippen LogP contribution in [0.4, 0.5) is 0 Å². The topological polar surface area (TPSA) is 52.6 Å². The Hall–Kier alpha value is -1.19. The van der Waals surface area contributed by atoms with Crippen LogP contribution in [0.25, 0.3) is 0 Å². The third kappa shape index (κ3) is 8.45. The van der Waals surface area contributed by atoms with Gasteiger partial charge in [0.15, 0.2) is 5.96 Å². The van der Waals surface area contributed by atoms with Gasteiger partial charge in [0.2, 0.25) is 0 Å². The summed E-state index contributed by atoms with van der Waals surface area (Å²) in [5.74, 6) is 0.877. The number of halogens is 1. The lowest BCUT2D eigenvalue weighted by Gasteiger charge is -2.23. The molecule has 5 nitrogen and oxygen atoms in total. The maximum Gasteiger partial charge on any atom is 0.191 e. The summed E-state index contributed by atoms with van der Waals surface area (Å²) in [4.78, 5) is 13.0. The maximum atomic E-state index is 4.77. The molecule has 28 heavy (non-hydrogen) atoms. The minimum Gasteiger partial charge on any atom is -0.357 e. The van der Waals surface area contributed by atoms with E-state index >= 15 is 0 Å². The van der Waals surface area contributed by atoms with Gasteiger partial charge in [-0.1, -0.05) is 30.3 Å². The van der Waals surface area contributed by atoms with E-state index < -0.39 is 0 Å². The van der Waals surface area contributed by atoms with Crippen LogP contribution in [-0.2, 0) is 13.0 Å². The van der Waals surface area contributed by atoms with Crippen LogP contribution in [0.3, 0.4) is 0 Å². The fraction of sp³-hybridized carbons (Fsp3) is 0.524. The fourth-order valence-electron chi connectivity index (χ4n) is 2.67. The smallest absolute Gasteiger partial charge is 0.191 e. The summed E-state index contributed by atoms with van der Waals surface area (Å²) in [7, 11) is 2.15. The number of likely N-dealkylation sites (N-methyl/N-ethyl adjacent to an activating group) is 1. The number of benzene rings is 1. The molecule has 0 aliphatic rings. The van der Waals surface area contributed by atoms with Gasteiger partial charge in [-0.2, -0.15) is 0 Å². The third-order valence-corrected chi connectivity index (χ3v) is 5.72. The molecular weight excluding hydrogens is 481 g/mol. The largest absolute Gasteiger partial charge is 0.357 e. The SMILES string of the molecule is CCNC(=NCC(C)N(C)Cc1ccccc1)NCCc1nc(C)c(C)s1.I. The normalized spacial score (nSPS) is 12.6. The molecule has 0 aliphatic heterocycles. The second kappa shape index (κ2) is 13.1. The summed E-state index contributed by atoms with van der Waals surface area (Å²) >= 11 is 1.78. The van der Waals surface area contributed by atoms with Crippen molar-refractivity contribution in [1.82, 2.24) is 20.5 Å². The number of aryl methyl sites for hydroxylation is 2. The highest BCUT2D eigenvalue weighted by Crippen LogP contribution is 2.16. The van der Waals surface area contributed by atoms with Crippen molar-refractivity contribution in [2.45, 2.75) is 46.7 Å². The Balaban J connectivity index is 0.00000392. The van der Waals surface area contributed by atoms with Gasteiger partial charge < -0.3 is 10.6 Å². The first-order valence-corrected chi connectivity index (χ1v) is 10.5. The zero-order chi connectivity index (χ0) is 19.6. The molecule has 0 saturated carbocycles. The van der Waals surface area contributed by atoms with E-state index in [1.807, 2.05) is 0 Å². The zero-order valence-electron chi connectivity index (χ0n) is 17.7. The number of hydrogen-bond donors (Lipinski definition) is 2. The number of nitrogens with one attached hydrogen (secondary N) is 2. The number of nitrogens with zero attached hydrogens (tertiary/aromatic N) is 3. The number of aromatic nitrogens is 1. The van der Waals surface area contributed by atoms with E-state index in [2.05, 4.69) is 85.6 Å². The summed E-state index contributed by atoms with van der Waals surface area (Å²) < 4.78 is 0. The number of hydrogen-bond acceptors (Lipinski definition) is 4. The van der Waals surface area contributed by atoms with Crippen molar-refractivity contribution >= 4 is 41.3 Å². The molecule has 0 radical (unpaired) electrons. The Kier molecular flexibility index (Phi) is 11.6. The third-order valence-electron chi connectivity index (χ3n) is 4.59. The van der Waals surface area contributed by atoms with Gasteiger partial charge in [-0.3, -0.25) is 9.89 Å². The van der Waals surface area contributed by atoms with Crippen LogP contribution >= 0.6 is 35.3 Å². The van der Waals surface area contributed by atoms with Crippen LogP contribution in [0.2, 0.25) is 0 Å². The molecule has 1 unspecified atom stereocenters. The first kappa shape index (κ1) is 24.8. The molecule has 0 amide bonds. The van der Waals surface area contributed by atoms with Crippen LogP contribution in [0.15, 0.2) is 35.3 Å². The lowest BCUT2D eigenvalue weighted by atomic mass is 10.2. The van der Waals surface area contributed by atoms with E-state index in [0.29, 0.717) is 6.04 Å². The maximum absolute atomic E-state index is 4.77. The van der Waals surface area contributed by atoms with Crippen molar-refractivity contribution in [2.75, 3.05) is 26.7 Å². The predicted molar refractivity (Wildman–Crippen MR) is 132 cm³/mol. The molecule has 1 aromatic heterocycles. The average Bonchev–Trinajstić information content (AvgIpc) is 2.97. The minimum atomic E-state index is 0. The molecule has 0 aliphatic carbocycles. The van der Waals surface area contributed by atoms with Gasteiger partial charge in [0, 0.05) is 37.0 Å². The monoisotopic (exact) mass is 515 g/mol. The highest BCUT2D eigenvalue weighted by molar-refractivity contribution is 14.0. The molecule has 156 valence electrons. The van der Waals surface area contributed by atoms with Crippen molar-refractivity contribution in [3.8, 4) is 0 Å². The molecule has 0 saturated heterocycles. The van der Waals surface area contributed by atoms with E-state index in [0.717, 1.165) is 44.3 Å². The van der Waals surface area contributed by atoms with Gasteiger partial charge in [0.25, 0.3) is 0 Å². The molecule has 1 heterocycles. The highest BCUT2D eigenvalue weighted by atomic mass is 127. The van der Waals surface area contributed by atoms with E-state index in [1.54, 1.807) is 11.3 Å². The molecule has 0 spiro atoms. The molecule has 2 aromatic rings. The van der Waals surface area contributed by atoms with E-state index in [9.17, 15) is 0 Å². The number of thiazole rings is 1. The number of rotatable bonds is 9. The first-order chi connectivity index (χ1) is 13.0. The molecule has 7 heteroatoms. The summed E-state index contributed by atoms with van der Waals surface area (Å²) in [6.45, 7) is 11.9. The molecule has 0 bridgehead atoms. The Morgan fingerprint density at radius 1 is 1.21 bits per heavy atom. The standard InChI is InChI=1S/C21H33N5S.HI/c1-6-22-21(23-13-12-20-25-17(3)18(4)27-20)24-14-16(2)26(5)15-19-10-8-7-9-11-19;/h7-11,16H,6,12-15H2,1-5H3,(H2,22,23,24);1H. The van der Waals surface area contributed by atoms with Crippen molar-refractivity contribution in [3.63, 3.8) is 0 Å². The minimum absolute atomic E-state index is 0. The Bertz CT molecular complexity index is 697. The molecule has 1 aromatic carbocycles. The van der Waals surface area contributed by atoms with E-state index in [-0.39, 0.29) is 24.0 Å². The lowest BCUT2D eigenvalue weighted by molar-refractivity contribution is 0.255. The summed E-state index contributed by atoms with van der Waals surface area (Å²) in [5.41, 5.74) is 2.47. The summed E-state index contributed by atoms with van der Waals surface area (Å²) in [5, 5.41) is 7.95. The summed E-state index contributed by atoms with van der Waals surface area (Å²) in [6, 6.07) is 10.9. The molecular formula is C21H34IN5S. The van der Waals surface area contributed by atoms with Gasteiger partial charge >= 0.3 is 0 Å². The van der Waals surface area contributed by atoms with Crippen molar-refractivity contribution < 1.29 is 0 Å². The Morgan fingerprint density at radius 2 is 1.93 bits per heavy atom. The van der Waals surface area contributed by atoms with Crippen LogP contribution in [-0.4, -0.2) is 48.6 Å². The average molecular weight is 516 g/mol. The van der Waals surface area contributed by atoms with Gasteiger partial charge in [0.05, 0.1) is 17.2 Å². The van der Waals surface area contributed by atoms with Gasteiger partial charge in [0.1, 0.15) is 0 Å². The molecule has 2 N–H and O–H groups in total. The lowest BCUT2D eigenvalue weighted by Crippen LogP contribution is -2.40. The zero-order valence-corrected chi connectivity index (χ0v) is 20.8. The predicted octanol–water partition coefficient (Wildman–Crippen LogP) is 4.00. The van der Waals surface area contributed by atoms with Gasteiger partial charge in [-0.05, 0) is 40.3 Å². The molecule has 0 fully saturated rings. The van der Waals surface area contributed by atoms with Crippen molar-refractivity contribution in [2.24, 2.45) is 4.99 Å². The summed E-state index contributed by atoms with van der Waals surface area (Å²) in [6.07, 6.45) is 0.924. The first-order valence-electron chi connectivity index (χ1n) is 9.68. The van der Waals surface area contributed by atoms with Crippen LogP contribution in [0.5, 0.6) is 0 Å². The molecule has 2 rings (SSSR count). The quantitative estimate of drug-likeness (QED) is 0.301.